The van der Waals surface area contributed by atoms with E-state index < -0.39 is 0 Å². The van der Waals surface area contributed by atoms with Crippen LogP contribution in [-0.4, -0.2) is 22.8 Å². The summed E-state index contributed by atoms with van der Waals surface area (Å²) in [5.74, 6) is 1.80. The number of anilines is 1. The highest BCUT2D eigenvalue weighted by Gasteiger charge is 1.98. The molecule has 2 aromatic rings. The number of hydrogen-bond donors (Lipinski definition) is 2. The summed E-state index contributed by atoms with van der Waals surface area (Å²) < 4.78 is 5.66. The highest BCUT2D eigenvalue weighted by molar-refractivity contribution is 5.80. The highest BCUT2D eigenvalue weighted by Crippen LogP contribution is 2.12. The van der Waals surface area contributed by atoms with E-state index >= 15 is 0 Å². The van der Waals surface area contributed by atoms with E-state index in [0.717, 1.165) is 24.3 Å². The Hall–Kier alpha value is -2.63. The SMILES string of the molecule is Cc1cc(=O)[nH]c(NN=Cc2ccc(OCCC(C)C)cc2)n1. The molecule has 0 saturated carbocycles. The van der Waals surface area contributed by atoms with Gasteiger partial charge in [0.2, 0.25) is 5.95 Å². The van der Waals surface area contributed by atoms with Crippen LogP contribution < -0.4 is 15.7 Å². The Kier molecular flexibility index (Phi) is 5.91. The molecule has 0 aliphatic rings. The van der Waals surface area contributed by atoms with Crippen molar-refractivity contribution in [2.45, 2.75) is 27.2 Å². The third kappa shape index (κ3) is 5.94. The average Bonchev–Trinajstić information content (AvgIpc) is 2.47. The van der Waals surface area contributed by atoms with E-state index in [1.807, 2.05) is 24.3 Å². The lowest BCUT2D eigenvalue weighted by molar-refractivity contribution is 0.289. The lowest BCUT2D eigenvalue weighted by Gasteiger charge is -2.07. The first kappa shape index (κ1) is 16.7. The Morgan fingerprint density at radius 1 is 1.35 bits per heavy atom. The summed E-state index contributed by atoms with van der Waals surface area (Å²) in [7, 11) is 0. The second-order valence-electron chi connectivity index (χ2n) is 5.71. The minimum atomic E-state index is -0.210. The van der Waals surface area contributed by atoms with Gasteiger partial charge >= 0.3 is 0 Å². The largest absolute Gasteiger partial charge is 0.494 e. The number of hydrazone groups is 1. The zero-order valence-electron chi connectivity index (χ0n) is 13.7. The van der Waals surface area contributed by atoms with Crippen molar-refractivity contribution in [1.82, 2.24) is 9.97 Å². The summed E-state index contributed by atoms with van der Waals surface area (Å²) in [6, 6.07) is 9.08. The number of H-pyrrole nitrogens is 1. The maximum Gasteiger partial charge on any atom is 0.252 e. The Morgan fingerprint density at radius 3 is 2.74 bits per heavy atom. The molecule has 0 fully saturated rings. The van der Waals surface area contributed by atoms with Crippen LogP contribution in [0.2, 0.25) is 0 Å². The zero-order valence-corrected chi connectivity index (χ0v) is 13.7. The van der Waals surface area contributed by atoms with Crippen LogP contribution in [0.1, 0.15) is 31.5 Å². The van der Waals surface area contributed by atoms with Gasteiger partial charge < -0.3 is 4.74 Å². The maximum absolute atomic E-state index is 11.3. The van der Waals surface area contributed by atoms with E-state index in [1.54, 1.807) is 13.1 Å². The van der Waals surface area contributed by atoms with Crippen LogP contribution in [0.4, 0.5) is 5.95 Å². The van der Waals surface area contributed by atoms with Crippen LogP contribution in [0.3, 0.4) is 0 Å². The van der Waals surface area contributed by atoms with Crippen LogP contribution in [0.25, 0.3) is 0 Å². The van der Waals surface area contributed by atoms with Gasteiger partial charge in [0, 0.05) is 11.8 Å². The van der Waals surface area contributed by atoms with Crippen molar-refractivity contribution in [3.05, 3.63) is 51.9 Å². The third-order valence-electron chi connectivity index (χ3n) is 3.10. The van der Waals surface area contributed by atoms with Gasteiger partial charge in [-0.1, -0.05) is 13.8 Å². The number of hydrogen-bond acceptors (Lipinski definition) is 5. The van der Waals surface area contributed by atoms with Gasteiger partial charge in [0.05, 0.1) is 12.8 Å². The summed E-state index contributed by atoms with van der Waals surface area (Å²) in [6.07, 6.45) is 2.69. The van der Waals surface area contributed by atoms with Crippen molar-refractivity contribution in [3.8, 4) is 5.75 Å². The molecule has 6 nitrogen and oxygen atoms in total. The smallest absolute Gasteiger partial charge is 0.252 e. The molecule has 0 aliphatic carbocycles. The molecule has 1 aromatic heterocycles. The maximum atomic E-state index is 11.3. The molecular formula is C17H22N4O2. The first-order valence-electron chi connectivity index (χ1n) is 7.63. The van der Waals surface area contributed by atoms with Crippen molar-refractivity contribution in [2.24, 2.45) is 11.0 Å². The van der Waals surface area contributed by atoms with Crippen molar-refractivity contribution in [1.29, 1.82) is 0 Å². The molecule has 6 heteroatoms. The number of ether oxygens (including phenoxy) is 1. The Morgan fingerprint density at radius 2 is 2.09 bits per heavy atom. The predicted molar refractivity (Wildman–Crippen MR) is 92.2 cm³/mol. The van der Waals surface area contributed by atoms with E-state index in [-0.39, 0.29) is 5.56 Å². The van der Waals surface area contributed by atoms with Crippen molar-refractivity contribution >= 4 is 12.2 Å². The van der Waals surface area contributed by atoms with E-state index in [0.29, 0.717) is 17.6 Å². The molecule has 0 amide bonds. The van der Waals surface area contributed by atoms with E-state index in [4.69, 9.17) is 4.74 Å². The fraction of sp³-hybridized carbons (Fsp3) is 0.353. The molecule has 1 aromatic carbocycles. The van der Waals surface area contributed by atoms with Crippen LogP contribution in [-0.2, 0) is 0 Å². The summed E-state index contributed by atoms with van der Waals surface area (Å²) in [6.45, 7) is 6.82. The number of nitrogens with one attached hydrogen (secondary N) is 2. The minimum absolute atomic E-state index is 0.210. The van der Waals surface area contributed by atoms with Gasteiger partial charge in [0.1, 0.15) is 5.75 Å². The topological polar surface area (TPSA) is 79.4 Å². The zero-order chi connectivity index (χ0) is 16.7. The van der Waals surface area contributed by atoms with Crippen LogP contribution >= 0.6 is 0 Å². The highest BCUT2D eigenvalue weighted by atomic mass is 16.5. The Labute approximate surface area is 135 Å². The van der Waals surface area contributed by atoms with Crippen molar-refractivity contribution < 1.29 is 4.74 Å². The second-order valence-corrected chi connectivity index (χ2v) is 5.71. The molecule has 1 heterocycles. The van der Waals surface area contributed by atoms with E-state index in [2.05, 4.69) is 34.3 Å². The normalized spacial score (nSPS) is 11.1. The second kappa shape index (κ2) is 8.12. The molecule has 0 saturated heterocycles. The van der Waals surface area contributed by atoms with Gasteiger partial charge in [-0.15, -0.1) is 0 Å². The molecule has 0 spiro atoms. The van der Waals surface area contributed by atoms with E-state index in [1.165, 1.54) is 6.07 Å². The fourth-order valence-corrected chi connectivity index (χ4v) is 1.86. The van der Waals surface area contributed by atoms with Gasteiger partial charge in [0.25, 0.3) is 5.56 Å². The lowest BCUT2D eigenvalue weighted by atomic mass is 10.1. The quantitative estimate of drug-likeness (QED) is 0.608. The molecule has 2 rings (SSSR count). The predicted octanol–water partition coefficient (Wildman–Crippen LogP) is 2.95. The summed E-state index contributed by atoms with van der Waals surface area (Å²) in [4.78, 5) is 18.0. The van der Waals surface area contributed by atoms with Gasteiger partial charge in [-0.05, 0) is 49.1 Å². The molecule has 0 unspecified atom stereocenters. The first-order chi connectivity index (χ1) is 11.0. The van der Waals surface area contributed by atoms with Gasteiger partial charge in [-0.3, -0.25) is 9.78 Å². The number of rotatable bonds is 7. The molecule has 0 radical (unpaired) electrons. The van der Waals surface area contributed by atoms with Crippen molar-refractivity contribution in [3.63, 3.8) is 0 Å². The van der Waals surface area contributed by atoms with Gasteiger partial charge in [-0.2, -0.15) is 5.10 Å². The number of aromatic nitrogens is 2. The van der Waals surface area contributed by atoms with Crippen LogP contribution in [0.15, 0.2) is 40.2 Å². The van der Waals surface area contributed by atoms with Crippen molar-refractivity contribution in [2.75, 3.05) is 12.0 Å². The molecule has 2 N–H and O–H groups in total. The number of aryl methyl sites for hydroxylation is 1. The molecule has 0 aliphatic heterocycles. The minimum Gasteiger partial charge on any atom is -0.494 e. The van der Waals surface area contributed by atoms with Gasteiger partial charge in [0.15, 0.2) is 0 Å². The first-order valence-corrected chi connectivity index (χ1v) is 7.63. The number of benzene rings is 1. The lowest BCUT2D eigenvalue weighted by Crippen LogP contribution is -2.10. The molecule has 122 valence electrons. The van der Waals surface area contributed by atoms with Gasteiger partial charge in [-0.25, -0.2) is 10.4 Å². The standard InChI is InChI=1S/C17H22N4O2/c1-12(2)8-9-23-15-6-4-14(5-7-15)11-18-21-17-19-13(3)10-16(22)20-17/h4-7,10-12H,8-9H2,1-3H3,(H2,19,20,21,22). The summed E-state index contributed by atoms with van der Waals surface area (Å²) in [5.41, 5.74) is 4.05. The summed E-state index contributed by atoms with van der Waals surface area (Å²) >= 11 is 0. The number of aromatic amines is 1. The molecule has 23 heavy (non-hydrogen) atoms. The number of nitrogens with zero attached hydrogens (tertiary/aromatic N) is 2. The average molecular weight is 314 g/mol. The Bertz CT molecular complexity index is 705. The molecule has 0 atom stereocenters. The molecular weight excluding hydrogens is 292 g/mol. The van der Waals surface area contributed by atoms with E-state index in [9.17, 15) is 4.79 Å². The third-order valence-corrected chi connectivity index (χ3v) is 3.10. The fourth-order valence-electron chi connectivity index (χ4n) is 1.86. The molecule has 0 bridgehead atoms. The monoisotopic (exact) mass is 314 g/mol. The van der Waals surface area contributed by atoms with Crippen LogP contribution in [0, 0.1) is 12.8 Å². The van der Waals surface area contributed by atoms with Crippen LogP contribution in [0.5, 0.6) is 5.75 Å². The summed E-state index contributed by atoms with van der Waals surface area (Å²) in [5, 5.41) is 4.06. The Balaban J connectivity index is 1.88.